The van der Waals surface area contributed by atoms with Crippen molar-refractivity contribution in [3.63, 3.8) is 0 Å². The normalized spacial score (nSPS) is 11.4. The lowest BCUT2D eigenvalue weighted by atomic mass is 9.97. The standard InChI is InChI=1S/C22H24N2OSi/c1-26(2,3)17-24-22(25)20(16-23)14-15-21(18-10-6-4-7-11-18)19-12-8-5-9-13-19/h4-15H,17H2,1-3H3,(H,24,25). The number of carbonyl (C=O) groups excluding carboxylic acids is 1. The summed E-state index contributed by atoms with van der Waals surface area (Å²) in [5, 5.41) is 12.3. The van der Waals surface area contributed by atoms with E-state index in [1.807, 2.05) is 72.8 Å². The van der Waals surface area contributed by atoms with Crippen LogP contribution in [0.4, 0.5) is 0 Å². The highest BCUT2D eigenvalue weighted by atomic mass is 28.3. The number of nitrogens with one attached hydrogen (secondary N) is 1. The molecule has 2 aromatic carbocycles. The van der Waals surface area contributed by atoms with Gasteiger partial charge in [0.1, 0.15) is 11.6 Å². The third kappa shape index (κ3) is 5.87. The third-order valence-corrected chi connectivity index (χ3v) is 4.97. The Kier molecular flexibility index (Phi) is 6.71. The van der Waals surface area contributed by atoms with E-state index in [2.05, 4.69) is 25.0 Å². The Labute approximate surface area is 156 Å². The van der Waals surface area contributed by atoms with Crippen molar-refractivity contribution in [1.82, 2.24) is 5.32 Å². The molecule has 0 fully saturated rings. The van der Waals surface area contributed by atoms with Gasteiger partial charge in [0.15, 0.2) is 0 Å². The summed E-state index contributed by atoms with van der Waals surface area (Å²) in [6.45, 7) is 6.52. The van der Waals surface area contributed by atoms with E-state index in [0.717, 1.165) is 16.7 Å². The molecule has 0 aromatic heterocycles. The van der Waals surface area contributed by atoms with Gasteiger partial charge in [0, 0.05) is 6.17 Å². The van der Waals surface area contributed by atoms with Gasteiger partial charge in [0.25, 0.3) is 5.91 Å². The van der Waals surface area contributed by atoms with Crippen molar-refractivity contribution < 1.29 is 4.79 Å². The molecule has 26 heavy (non-hydrogen) atoms. The molecule has 2 aromatic rings. The average Bonchev–Trinajstić information content (AvgIpc) is 2.64. The fraction of sp³-hybridized carbons (Fsp3) is 0.182. The van der Waals surface area contributed by atoms with Crippen LogP contribution in [0.25, 0.3) is 5.57 Å². The maximum atomic E-state index is 12.3. The van der Waals surface area contributed by atoms with Gasteiger partial charge in [-0.1, -0.05) is 86.4 Å². The molecule has 0 unspecified atom stereocenters. The topological polar surface area (TPSA) is 52.9 Å². The molecular weight excluding hydrogens is 336 g/mol. The van der Waals surface area contributed by atoms with Gasteiger partial charge in [-0.05, 0) is 22.8 Å². The number of benzene rings is 2. The van der Waals surface area contributed by atoms with Crippen LogP contribution >= 0.6 is 0 Å². The summed E-state index contributed by atoms with van der Waals surface area (Å²) in [5.41, 5.74) is 3.16. The van der Waals surface area contributed by atoms with Crippen LogP contribution in [0, 0.1) is 11.3 Å². The van der Waals surface area contributed by atoms with Gasteiger partial charge < -0.3 is 5.32 Å². The molecule has 2 rings (SSSR count). The van der Waals surface area contributed by atoms with E-state index in [-0.39, 0.29) is 11.5 Å². The molecule has 0 aliphatic rings. The molecule has 1 amide bonds. The Hall–Kier alpha value is -2.90. The van der Waals surface area contributed by atoms with E-state index in [1.54, 1.807) is 6.08 Å². The quantitative estimate of drug-likeness (QED) is 0.355. The Morgan fingerprint density at radius 1 is 0.962 bits per heavy atom. The zero-order chi connectivity index (χ0) is 19.0. The Bertz CT molecular complexity index is 800. The summed E-state index contributed by atoms with van der Waals surface area (Å²) in [6.07, 6.45) is 4.10. The highest BCUT2D eigenvalue weighted by molar-refractivity contribution is 6.76. The summed E-state index contributed by atoms with van der Waals surface area (Å²) in [6, 6.07) is 21.9. The van der Waals surface area contributed by atoms with Crippen LogP contribution in [0.1, 0.15) is 11.1 Å². The summed E-state index contributed by atoms with van der Waals surface area (Å²) in [5.74, 6) is -0.313. The molecule has 132 valence electrons. The van der Waals surface area contributed by atoms with Crippen molar-refractivity contribution in [2.24, 2.45) is 0 Å². The first-order valence-electron chi connectivity index (χ1n) is 8.62. The van der Waals surface area contributed by atoms with Gasteiger partial charge in [-0.15, -0.1) is 0 Å². The lowest BCUT2D eigenvalue weighted by Gasteiger charge is -2.16. The summed E-state index contributed by atoms with van der Waals surface area (Å²) in [4.78, 5) is 12.3. The van der Waals surface area contributed by atoms with Crippen LogP contribution in [-0.4, -0.2) is 20.1 Å². The molecule has 0 atom stereocenters. The van der Waals surface area contributed by atoms with Gasteiger partial charge in [-0.2, -0.15) is 5.26 Å². The largest absolute Gasteiger partial charge is 0.354 e. The number of rotatable bonds is 6. The maximum Gasteiger partial charge on any atom is 0.261 e. The van der Waals surface area contributed by atoms with Crippen LogP contribution in [-0.2, 0) is 4.79 Å². The predicted octanol–water partition coefficient (Wildman–Crippen LogP) is 4.56. The molecule has 4 heteroatoms. The van der Waals surface area contributed by atoms with E-state index < -0.39 is 8.07 Å². The molecule has 0 heterocycles. The molecule has 0 saturated carbocycles. The second kappa shape index (κ2) is 8.98. The highest BCUT2D eigenvalue weighted by Gasteiger charge is 2.16. The van der Waals surface area contributed by atoms with Gasteiger partial charge >= 0.3 is 0 Å². The van der Waals surface area contributed by atoms with E-state index in [0.29, 0.717) is 6.17 Å². The SMILES string of the molecule is C[Si](C)(C)CNC(=O)C(C#N)=CC=C(c1ccccc1)c1ccccc1. The van der Waals surface area contributed by atoms with Gasteiger partial charge in [-0.25, -0.2) is 0 Å². The van der Waals surface area contributed by atoms with Crippen molar-refractivity contribution in [1.29, 1.82) is 5.26 Å². The number of amides is 1. The van der Waals surface area contributed by atoms with Crippen LogP contribution < -0.4 is 5.32 Å². The second-order valence-corrected chi connectivity index (χ2v) is 12.7. The first kappa shape index (κ1) is 19.4. The molecular formula is C22H24N2OSi. The van der Waals surface area contributed by atoms with Crippen molar-refractivity contribution in [2.45, 2.75) is 19.6 Å². The Balaban J connectivity index is 2.35. The first-order chi connectivity index (χ1) is 12.4. The fourth-order valence-electron chi connectivity index (χ4n) is 2.37. The number of nitrogens with zero attached hydrogens (tertiary/aromatic N) is 1. The second-order valence-electron chi connectivity index (χ2n) is 7.25. The molecule has 0 spiro atoms. The number of hydrogen-bond donors (Lipinski definition) is 1. The van der Waals surface area contributed by atoms with Gasteiger partial charge in [0.05, 0.1) is 8.07 Å². The molecule has 0 bridgehead atoms. The Morgan fingerprint density at radius 2 is 1.46 bits per heavy atom. The third-order valence-electron chi connectivity index (χ3n) is 3.73. The van der Waals surface area contributed by atoms with Gasteiger partial charge in [-0.3, -0.25) is 4.79 Å². The van der Waals surface area contributed by atoms with Crippen molar-refractivity contribution in [2.75, 3.05) is 6.17 Å². The van der Waals surface area contributed by atoms with E-state index >= 15 is 0 Å². The lowest BCUT2D eigenvalue weighted by Crippen LogP contribution is -2.40. The minimum Gasteiger partial charge on any atom is -0.354 e. The van der Waals surface area contributed by atoms with Crippen LogP contribution in [0.2, 0.25) is 19.6 Å². The zero-order valence-corrected chi connectivity index (χ0v) is 16.5. The highest BCUT2D eigenvalue weighted by Crippen LogP contribution is 2.23. The van der Waals surface area contributed by atoms with E-state index in [1.165, 1.54) is 0 Å². The van der Waals surface area contributed by atoms with Gasteiger partial charge in [0.2, 0.25) is 0 Å². The van der Waals surface area contributed by atoms with E-state index in [9.17, 15) is 10.1 Å². The molecule has 1 N–H and O–H groups in total. The number of hydrogen-bond acceptors (Lipinski definition) is 2. The summed E-state index contributed by atoms with van der Waals surface area (Å²) in [7, 11) is -1.41. The van der Waals surface area contributed by atoms with Crippen LogP contribution in [0.3, 0.4) is 0 Å². The van der Waals surface area contributed by atoms with Crippen molar-refractivity contribution in [3.05, 3.63) is 89.5 Å². The molecule has 0 aliphatic carbocycles. The number of nitriles is 1. The summed E-state index contributed by atoms with van der Waals surface area (Å²) >= 11 is 0. The smallest absolute Gasteiger partial charge is 0.261 e. The predicted molar refractivity (Wildman–Crippen MR) is 110 cm³/mol. The minimum absolute atomic E-state index is 0.118. The monoisotopic (exact) mass is 360 g/mol. The molecule has 0 saturated heterocycles. The average molecular weight is 361 g/mol. The van der Waals surface area contributed by atoms with Crippen LogP contribution in [0.5, 0.6) is 0 Å². The molecule has 3 nitrogen and oxygen atoms in total. The molecule has 0 aliphatic heterocycles. The van der Waals surface area contributed by atoms with Crippen molar-refractivity contribution in [3.8, 4) is 6.07 Å². The first-order valence-corrected chi connectivity index (χ1v) is 12.3. The molecule has 0 radical (unpaired) electrons. The summed E-state index contributed by atoms with van der Waals surface area (Å²) < 4.78 is 0. The fourth-order valence-corrected chi connectivity index (χ4v) is 3.06. The minimum atomic E-state index is -1.41. The number of allylic oxidation sites excluding steroid dienone is 2. The lowest BCUT2D eigenvalue weighted by molar-refractivity contribution is -0.116. The van der Waals surface area contributed by atoms with Crippen molar-refractivity contribution >= 4 is 19.6 Å². The number of carbonyl (C=O) groups is 1. The van der Waals surface area contributed by atoms with E-state index in [4.69, 9.17) is 0 Å². The Morgan fingerprint density at radius 3 is 1.88 bits per heavy atom. The van der Waals surface area contributed by atoms with Crippen LogP contribution in [0.15, 0.2) is 78.4 Å². The zero-order valence-electron chi connectivity index (χ0n) is 15.5. The maximum absolute atomic E-state index is 12.3.